The number of benzene rings is 2. The van der Waals surface area contributed by atoms with E-state index >= 15 is 0 Å². The Morgan fingerprint density at radius 3 is 1.69 bits per heavy atom. The molecular formula is C39H50O23. The highest BCUT2D eigenvalue weighted by atomic mass is 16.8. The molecule has 4 fully saturated rings. The van der Waals surface area contributed by atoms with Gasteiger partial charge in [0.1, 0.15) is 108 Å². The first-order valence-corrected chi connectivity index (χ1v) is 19.6. The van der Waals surface area contributed by atoms with Crippen molar-refractivity contribution in [3.63, 3.8) is 0 Å². The predicted octanol–water partition coefficient (Wildman–Crippen LogP) is -4.04. The number of fused-ring (bicyclic) bond motifs is 1. The molecule has 4 aliphatic heterocycles. The summed E-state index contributed by atoms with van der Waals surface area (Å²) in [4.78, 5) is 14.2. The van der Waals surface area contributed by atoms with Crippen LogP contribution in [0.5, 0.6) is 23.0 Å². The first kappa shape index (κ1) is 46.2. The van der Waals surface area contributed by atoms with Gasteiger partial charge in [-0.25, -0.2) is 0 Å². The van der Waals surface area contributed by atoms with Gasteiger partial charge in [-0.05, 0) is 45.0 Å². The third-order valence-electron chi connectivity index (χ3n) is 11.3. The number of hydrogen-bond donors (Lipinski definition) is 13. The van der Waals surface area contributed by atoms with Crippen molar-refractivity contribution in [1.29, 1.82) is 0 Å². The van der Waals surface area contributed by atoms with Gasteiger partial charge in [0.15, 0.2) is 18.3 Å². The molecule has 4 aliphatic rings. The van der Waals surface area contributed by atoms with E-state index in [9.17, 15) is 71.2 Å². The number of ether oxygens (including phenoxy) is 8. The molecule has 13 N–H and O–H groups in total. The van der Waals surface area contributed by atoms with Gasteiger partial charge in [-0.15, -0.1) is 0 Å². The van der Waals surface area contributed by atoms with Crippen LogP contribution in [0.3, 0.4) is 0 Å². The van der Waals surface area contributed by atoms with Crippen LogP contribution in [0.15, 0.2) is 45.6 Å². The number of hydrogen-bond acceptors (Lipinski definition) is 23. The van der Waals surface area contributed by atoms with Crippen LogP contribution in [0.25, 0.3) is 22.3 Å². The molecule has 0 bridgehead atoms. The zero-order chi connectivity index (χ0) is 45.1. The van der Waals surface area contributed by atoms with Gasteiger partial charge in [-0.1, -0.05) is 0 Å². The molecule has 0 aliphatic carbocycles. The molecule has 0 saturated carbocycles. The molecule has 5 heterocycles. The molecule has 0 amide bonds. The van der Waals surface area contributed by atoms with Crippen molar-refractivity contribution in [2.24, 2.45) is 0 Å². The van der Waals surface area contributed by atoms with Crippen LogP contribution in [-0.2, 0) is 28.4 Å². The third-order valence-corrected chi connectivity index (χ3v) is 11.3. The van der Waals surface area contributed by atoms with Crippen LogP contribution in [0.2, 0.25) is 0 Å². The maximum atomic E-state index is 14.2. The van der Waals surface area contributed by atoms with Gasteiger partial charge in [0.25, 0.3) is 0 Å². The molecule has 3 aromatic rings. The SMILES string of the molecule is CC1OC(Oc2cc(O)c3c(=O)c(OC4OC(COC5OC(C)C(O)C(O)C5OC5OC(C)C(O)C(O)C5O)C(O)C(O)C4O)c(-c4ccc(O)cc4)oc3c2)C(O)C(O)C1O. The Hall–Kier alpha value is -3.83. The minimum Gasteiger partial charge on any atom is -0.508 e. The number of aromatic hydroxyl groups is 2. The highest BCUT2D eigenvalue weighted by Crippen LogP contribution is 2.39. The molecule has 1 aromatic heterocycles. The summed E-state index contributed by atoms with van der Waals surface area (Å²) in [5, 5.41) is 137. The molecule has 4 saturated heterocycles. The standard InChI is InChI=1S/C39H50O23/c1-11-21(42)26(47)30(51)36(55-11)58-16-8-17(41)20-18(9-16)59-33(14-4-6-15(40)7-5-14)34(25(20)46)61-38-32(53)28(49)24(45)19(60-38)10-54-39-35(29(50)23(44)13(3)57-39)62-37-31(52)27(48)22(43)12(2)56-37/h4-9,11-13,19,21-24,26-32,35-45,47-53H,10H2,1-3H3. The number of phenols is 2. The Labute approximate surface area is 350 Å². The minimum absolute atomic E-state index is 0.101. The average molecular weight is 887 g/mol. The lowest BCUT2D eigenvalue weighted by Crippen LogP contribution is -2.64. The van der Waals surface area contributed by atoms with E-state index in [1.54, 1.807) is 0 Å². The molecule has 344 valence electrons. The fourth-order valence-electron chi connectivity index (χ4n) is 7.50. The minimum atomic E-state index is -2.06. The third kappa shape index (κ3) is 8.83. The lowest BCUT2D eigenvalue weighted by molar-refractivity contribution is -0.367. The van der Waals surface area contributed by atoms with Crippen molar-refractivity contribution in [3.8, 4) is 34.3 Å². The average Bonchev–Trinajstić information content (AvgIpc) is 3.23. The second kappa shape index (κ2) is 18.3. The summed E-state index contributed by atoms with van der Waals surface area (Å²) in [6, 6.07) is 7.27. The normalized spacial score (nSPS) is 41.5. The van der Waals surface area contributed by atoms with E-state index < -0.39 is 152 Å². The van der Waals surface area contributed by atoms with Crippen molar-refractivity contribution in [1.82, 2.24) is 0 Å². The van der Waals surface area contributed by atoms with Crippen molar-refractivity contribution < 1.29 is 109 Å². The first-order chi connectivity index (χ1) is 29.3. The summed E-state index contributed by atoms with van der Waals surface area (Å²) in [5.41, 5.74) is -1.27. The van der Waals surface area contributed by atoms with E-state index in [4.69, 9.17) is 42.3 Å². The Balaban J connectivity index is 1.15. The Morgan fingerprint density at radius 1 is 0.565 bits per heavy atom. The van der Waals surface area contributed by atoms with Crippen molar-refractivity contribution >= 4 is 11.0 Å². The van der Waals surface area contributed by atoms with Gasteiger partial charge >= 0.3 is 0 Å². The molecule has 2 aromatic carbocycles. The molecule has 0 radical (unpaired) electrons. The van der Waals surface area contributed by atoms with Crippen LogP contribution in [0.4, 0.5) is 0 Å². The van der Waals surface area contributed by atoms with E-state index in [0.29, 0.717) is 0 Å². The molecule has 20 unspecified atom stereocenters. The van der Waals surface area contributed by atoms with Gasteiger partial charge < -0.3 is 109 Å². The fourth-order valence-corrected chi connectivity index (χ4v) is 7.50. The molecule has 0 spiro atoms. The predicted molar refractivity (Wildman–Crippen MR) is 201 cm³/mol. The smallest absolute Gasteiger partial charge is 0.239 e. The second-order valence-corrected chi connectivity index (χ2v) is 15.7. The molecular weight excluding hydrogens is 836 g/mol. The Kier molecular flexibility index (Phi) is 13.7. The summed E-state index contributed by atoms with van der Waals surface area (Å²) in [5.74, 6) is -2.19. The topological polar surface area (TPSA) is 367 Å². The van der Waals surface area contributed by atoms with Crippen molar-refractivity contribution in [3.05, 3.63) is 46.6 Å². The maximum Gasteiger partial charge on any atom is 0.239 e. The number of phenolic OH excluding ortho intramolecular Hbond substituents is 2. The molecule has 62 heavy (non-hydrogen) atoms. The van der Waals surface area contributed by atoms with E-state index in [1.165, 1.54) is 45.0 Å². The van der Waals surface area contributed by atoms with Crippen LogP contribution >= 0.6 is 0 Å². The van der Waals surface area contributed by atoms with Crippen LogP contribution in [0.1, 0.15) is 20.8 Å². The van der Waals surface area contributed by atoms with Gasteiger partial charge in [0.05, 0.1) is 24.9 Å². The maximum absolute atomic E-state index is 14.2. The van der Waals surface area contributed by atoms with Gasteiger partial charge in [0, 0.05) is 17.7 Å². The van der Waals surface area contributed by atoms with Crippen LogP contribution in [-0.4, -0.2) is 196 Å². The zero-order valence-corrected chi connectivity index (χ0v) is 33.1. The Bertz CT molecular complexity index is 2070. The van der Waals surface area contributed by atoms with Gasteiger partial charge in [-0.2, -0.15) is 0 Å². The highest BCUT2D eigenvalue weighted by molar-refractivity contribution is 5.88. The van der Waals surface area contributed by atoms with Gasteiger partial charge in [-0.3, -0.25) is 4.79 Å². The number of rotatable bonds is 10. The second-order valence-electron chi connectivity index (χ2n) is 15.7. The van der Waals surface area contributed by atoms with E-state index in [1.807, 2.05) is 0 Å². The quantitative estimate of drug-likeness (QED) is 0.0921. The Morgan fingerprint density at radius 2 is 1.08 bits per heavy atom. The summed E-state index contributed by atoms with van der Waals surface area (Å²) >= 11 is 0. The summed E-state index contributed by atoms with van der Waals surface area (Å²) in [6.45, 7) is 3.49. The van der Waals surface area contributed by atoms with Crippen molar-refractivity contribution in [2.45, 2.75) is 144 Å². The first-order valence-electron chi connectivity index (χ1n) is 19.6. The highest BCUT2D eigenvalue weighted by Gasteiger charge is 2.51. The largest absolute Gasteiger partial charge is 0.508 e. The summed E-state index contributed by atoms with van der Waals surface area (Å²) in [6.07, 6.45) is -32.2. The number of aliphatic hydroxyl groups excluding tert-OH is 11. The van der Waals surface area contributed by atoms with Gasteiger partial charge in [0.2, 0.25) is 23.8 Å². The van der Waals surface area contributed by atoms with E-state index in [-0.39, 0.29) is 28.4 Å². The van der Waals surface area contributed by atoms with Crippen molar-refractivity contribution in [2.75, 3.05) is 6.61 Å². The summed E-state index contributed by atoms with van der Waals surface area (Å²) < 4.78 is 51.6. The monoisotopic (exact) mass is 886 g/mol. The van der Waals surface area contributed by atoms with E-state index in [0.717, 1.165) is 12.1 Å². The molecule has 20 atom stereocenters. The summed E-state index contributed by atoms with van der Waals surface area (Å²) in [7, 11) is 0. The van der Waals surface area contributed by atoms with Crippen LogP contribution < -0.4 is 14.9 Å². The molecule has 23 nitrogen and oxygen atoms in total. The molecule has 23 heteroatoms. The van der Waals surface area contributed by atoms with E-state index in [2.05, 4.69) is 0 Å². The lowest BCUT2D eigenvalue weighted by Gasteiger charge is -2.46. The lowest BCUT2D eigenvalue weighted by atomic mass is 9.97. The number of aliphatic hydroxyl groups is 11. The van der Waals surface area contributed by atoms with Crippen LogP contribution in [0, 0.1) is 0 Å². The molecule has 7 rings (SSSR count). The zero-order valence-electron chi connectivity index (χ0n) is 33.1. The fraction of sp³-hybridized carbons (Fsp3) is 0.615.